The molecular weight excluding hydrogens is 310 g/mol. The van der Waals surface area contributed by atoms with Crippen molar-refractivity contribution in [1.82, 2.24) is 0 Å². The molecule has 1 heterocycles. The molecule has 0 N–H and O–H groups in total. The third-order valence-corrected chi connectivity index (χ3v) is 3.96. The van der Waals surface area contributed by atoms with Crippen molar-refractivity contribution in [2.24, 2.45) is 4.99 Å². The van der Waals surface area contributed by atoms with Gasteiger partial charge in [0.15, 0.2) is 0 Å². The van der Waals surface area contributed by atoms with Gasteiger partial charge in [-0.25, -0.2) is 4.99 Å². The number of hydrogen-bond donors (Lipinski definition) is 0. The van der Waals surface area contributed by atoms with Gasteiger partial charge in [0.05, 0.1) is 10.4 Å². The molecular formula is C14H10BrNOS. The van der Waals surface area contributed by atoms with Crippen molar-refractivity contribution in [2.45, 2.75) is 6.92 Å². The number of hydrogen-bond acceptors (Lipinski definition) is 3. The first-order chi connectivity index (χ1) is 8.70. The summed E-state index contributed by atoms with van der Waals surface area (Å²) in [6.07, 6.45) is 0. The molecule has 2 aromatic carbocycles. The van der Waals surface area contributed by atoms with Gasteiger partial charge < -0.3 is 4.42 Å². The fourth-order valence-electron chi connectivity index (χ4n) is 1.66. The summed E-state index contributed by atoms with van der Waals surface area (Å²) in [7, 11) is 0. The van der Waals surface area contributed by atoms with Crippen LogP contribution in [-0.2, 0) is 0 Å². The zero-order chi connectivity index (χ0) is 12.5. The Hall–Kier alpha value is -1.39. The minimum atomic E-state index is 0.679. The van der Waals surface area contributed by atoms with Gasteiger partial charge in [0.1, 0.15) is 5.58 Å². The van der Waals surface area contributed by atoms with E-state index in [0.717, 1.165) is 20.4 Å². The highest BCUT2D eigenvalue weighted by Crippen LogP contribution is 2.20. The molecule has 0 amide bonds. The maximum Gasteiger partial charge on any atom is 0.279 e. The molecule has 0 bridgehead atoms. The number of rotatable bonds is 1. The monoisotopic (exact) mass is 319 g/mol. The van der Waals surface area contributed by atoms with E-state index in [0.29, 0.717) is 4.87 Å². The first-order valence-corrected chi connectivity index (χ1v) is 7.12. The average molecular weight is 320 g/mol. The van der Waals surface area contributed by atoms with E-state index in [4.69, 9.17) is 4.42 Å². The van der Waals surface area contributed by atoms with E-state index in [9.17, 15) is 0 Å². The van der Waals surface area contributed by atoms with Gasteiger partial charge in [-0.3, -0.25) is 0 Å². The Morgan fingerprint density at radius 3 is 2.67 bits per heavy atom. The van der Waals surface area contributed by atoms with E-state index in [1.54, 1.807) is 11.3 Å². The quantitative estimate of drug-likeness (QED) is 0.632. The number of nitrogens with zero attached hydrogens (tertiary/aromatic N) is 1. The normalized spacial score (nSPS) is 12.2. The van der Waals surface area contributed by atoms with Gasteiger partial charge in [-0.15, -0.1) is 0 Å². The molecule has 0 saturated carbocycles. The fraction of sp³-hybridized carbons (Fsp3) is 0.0714. The zero-order valence-electron chi connectivity index (χ0n) is 9.68. The molecule has 0 unspecified atom stereocenters. The lowest BCUT2D eigenvalue weighted by Crippen LogP contribution is -1.87. The highest BCUT2D eigenvalue weighted by molar-refractivity contribution is 9.10. The summed E-state index contributed by atoms with van der Waals surface area (Å²) in [5.74, 6) is 0. The largest absolute Gasteiger partial charge is 0.429 e. The lowest BCUT2D eigenvalue weighted by Gasteiger charge is -1.90. The van der Waals surface area contributed by atoms with Gasteiger partial charge in [-0.1, -0.05) is 33.3 Å². The third kappa shape index (κ3) is 2.40. The second kappa shape index (κ2) is 4.71. The highest BCUT2D eigenvalue weighted by Gasteiger charge is 2.00. The number of benzene rings is 2. The highest BCUT2D eigenvalue weighted by atomic mass is 79.9. The molecule has 0 atom stereocenters. The van der Waals surface area contributed by atoms with Crippen LogP contribution in [0.5, 0.6) is 0 Å². The topological polar surface area (TPSA) is 25.5 Å². The molecule has 0 aliphatic carbocycles. The van der Waals surface area contributed by atoms with Gasteiger partial charge >= 0.3 is 0 Å². The van der Waals surface area contributed by atoms with Crippen molar-refractivity contribution in [3.05, 3.63) is 57.4 Å². The van der Waals surface area contributed by atoms with Crippen LogP contribution < -0.4 is 4.87 Å². The van der Waals surface area contributed by atoms with Crippen molar-refractivity contribution in [3.8, 4) is 0 Å². The molecule has 0 saturated heterocycles. The summed E-state index contributed by atoms with van der Waals surface area (Å²) in [5.41, 5.74) is 3.02. The summed E-state index contributed by atoms with van der Waals surface area (Å²) < 4.78 is 7.87. The van der Waals surface area contributed by atoms with Crippen LogP contribution in [0.3, 0.4) is 0 Å². The smallest absolute Gasteiger partial charge is 0.279 e. The van der Waals surface area contributed by atoms with Gasteiger partial charge in [-0.05, 0) is 48.9 Å². The molecule has 0 aliphatic rings. The summed E-state index contributed by atoms with van der Waals surface area (Å²) >= 11 is 4.97. The second-order valence-electron chi connectivity index (χ2n) is 4.01. The van der Waals surface area contributed by atoms with E-state index >= 15 is 0 Å². The van der Waals surface area contributed by atoms with Crippen molar-refractivity contribution in [2.75, 3.05) is 0 Å². The van der Waals surface area contributed by atoms with E-state index < -0.39 is 0 Å². The van der Waals surface area contributed by atoms with E-state index in [-0.39, 0.29) is 0 Å². The van der Waals surface area contributed by atoms with Crippen LogP contribution in [0.25, 0.3) is 10.3 Å². The first kappa shape index (κ1) is 11.7. The molecule has 18 heavy (non-hydrogen) atoms. The number of fused-ring (bicyclic) bond motifs is 1. The molecule has 0 fully saturated rings. The predicted molar refractivity (Wildman–Crippen MR) is 78.2 cm³/mol. The van der Waals surface area contributed by atoms with E-state index in [1.165, 1.54) is 5.56 Å². The Morgan fingerprint density at radius 1 is 1.11 bits per heavy atom. The Morgan fingerprint density at radius 2 is 1.89 bits per heavy atom. The Kier molecular flexibility index (Phi) is 3.06. The van der Waals surface area contributed by atoms with Gasteiger partial charge in [0.2, 0.25) is 0 Å². The molecule has 3 rings (SSSR count). The second-order valence-corrected chi connectivity index (χ2v) is 5.92. The minimum absolute atomic E-state index is 0.679. The summed E-state index contributed by atoms with van der Waals surface area (Å²) in [6.45, 7) is 2.07. The van der Waals surface area contributed by atoms with Crippen LogP contribution in [0.1, 0.15) is 5.56 Å². The van der Waals surface area contributed by atoms with Crippen LogP contribution in [0.2, 0.25) is 0 Å². The molecule has 3 aromatic rings. The lowest BCUT2D eigenvalue weighted by atomic mass is 10.2. The van der Waals surface area contributed by atoms with Crippen LogP contribution in [0, 0.1) is 6.92 Å². The molecule has 0 spiro atoms. The summed E-state index contributed by atoms with van der Waals surface area (Å²) in [6, 6.07) is 14.0. The van der Waals surface area contributed by atoms with Crippen molar-refractivity contribution in [1.29, 1.82) is 0 Å². The summed E-state index contributed by atoms with van der Waals surface area (Å²) in [4.78, 5) is 5.16. The van der Waals surface area contributed by atoms with Crippen molar-refractivity contribution in [3.63, 3.8) is 0 Å². The lowest BCUT2D eigenvalue weighted by molar-refractivity contribution is 0.570. The maximum absolute atomic E-state index is 5.70. The van der Waals surface area contributed by atoms with Crippen LogP contribution in [0.4, 0.5) is 5.69 Å². The predicted octanol–water partition coefficient (Wildman–Crippen LogP) is 4.80. The van der Waals surface area contributed by atoms with Crippen molar-refractivity contribution < 1.29 is 4.42 Å². The average Bonchev–Trinajstić information content (AvgIpc) is 2.73. The number of aryl methyl sites for hydroxylation is 1. The van der Waals surface area contributed by atoms with E-state index in [2.05, 4.69) is 33.9 Å². The molecule has 4 heteroatoms. The standard InChI is InChI=1S/C14H10BrNOS/c1-9-2-7-12-13(8-9)18-14(17-12)16-11-5-3-10(15)4-6-11/h2-8H,1H3. The molecule has 2 nitrogen and oxygen atoms in total. The molecule has 1 aromatic heterocycles. The maximum atomic E-state index is 5.70. The first-order valence-electron chi connectivity index (χ1n) is 5.51. The van der Waals surface area contributed by atoms with Crippen molar-refractivity contribution >= 4 is 43.2 Å². The molecule has 0 aliphatic heterocycles. The zero-order valence-corrected chi connectivity index (χ0v) is 12.1. The van der Waals surface area contributed by atoms with E-state index in [1.807, 2.05) is 36.4 Å². The third-order valence-electron chi connectivity index (χ3n) is 2.54. The van der Waals surface area contributed by atoms with Gasteiger partial charge in [0.25, 0.3) is 4.87 Å². The van der Waals surface area contributed by atoms with Crippen LogP contribution in [-0.4, -0.2) is 0 Å². The van der Waals surface area contributed by atoms with Gasteiger partial charge in [-0.2, -0.15) is 0 Å². The molecule has 0 radical (unpaired) electrons. The molecule has 90 valence electrons. The Labute approximate surface area is 117 Å². The Bertz CT molecular complexity index is 755. The minimum Gasteiger partial charge on any atom is -0.429 e. The number of halogens is 1. The van der Waals surface area contributed by atoms with Gasteiger partial charge in [0, 0.05) is 4.47 Å². The van der Waals surface area contributed by atoms with Crippen LogP contribution in [0.15, 0.2) is 56.3 Å². The Balaban J connectivity index is 2.11. The SMILES string of the molecule is Cc1ccc2oc(=Nc3ccc(Br)cc3)sc2c1. The fourth-order valence-corrected chi connectivity index (χ4v) is 2.85. The van der Waals surface area contributed by atoms with Crippen LogP contribution >= 0.6 is 27.3 Å². The summed E-state index contributed by atoms with van der Waals surface area (Å²) in [5, 5.41) is 0.